The number of halogens is 1. The lowest BCUT2D eigenvalue weighted by molar-refractivity contribution is -0.109. The smallest absolute Gasteiger partial charge is 0.241 e. The second-order valence-corrected chi connectivity index (χ2v) is 6.08. The highest BCUT2D eigenvalue weighted by molar-refractivity contribution is 6.30. The molecular formula is C15H18ClN3O2. The van der Waals surface area contributed by atoms with E-state index in [1.807, 2.05) is 12.1 Å². The van der Waals surface area contributed by atoms with Gasteiger partial charge in [-0.05, 0) is 18.6 Å². The molecule has 2 heterocycles. The molecule has 3 rings (SSSR count). The van der Waals surface area contributed by atoms with E-state index in [0.29, 0.717) is 36.4 Å². The Morgan fingerprint density at radius 3 is 2.95 bits per heavy atom. The largest absolute Gasteiger partial charge is 0.387 e. The van der Waals surface area contributed by atoms with Crippen molar-refractivity contribution in [1.82, 2.24) is 15.0 Å². The summed E-state index contributed by atoms with van der Waals surface area (Å²) in [5, 5.41) is 14.8. The van der Waals surface area contributed by atoms with Gasteiger partial charge in [-0.3, -0.25) is 4.90 Å². The molecule has 1 aliphatic rings. The summed E-state index contributed by atoms with van der Waals surface area (Å²) < 4.78 is 5.27. The Morgan fingerprint density at radius 2 is 2.24 bits per heavy atom. The van der Waals surface area contributed by atoms with Crippen LogP contribution in [0.15, 0.2) is 28.8 Å². The summed E-state index contributed by atoms with van der Waals surface area (Å²) in [5.74, 6) is 1.10. The zero-order chi connectivity index (χ0) is 14.9. The molecule has 6 heteroatoms. The van der Waals surface area contributed by atoms with Gasteiger partial charge in [0.15, 0.2) is 0 Å². The van der Waals surface area contributed by atoms with Gasteiger partial charge in [-0.25, -0.2) is 0 Å². The van der Waals surface area contributed by atoms with Crippen LogP contribution in [-0.2, 0) is 6.54 Å². The molecular weight excluding hydrogens is 290 g/mol. The van der Waals surface area contributed by atoms with Crippen LogP contribution in [0.2, 0.25) is 5.02 Å². The number of β-amino-alcohol motifs (C(OH)–C–C–N with tert-alkyl or cyclic N) is 1. The molecule has 2 aromatic rings. The number of benzene rings is 1. The molecule has 5 nitrogen and oxygen atoms in total. The van der Waals surface area contributed by atoms with E-state index >= 15 is 0 Å². The average molecular weight is 308 g/mol. The van der Waals surface area contributed by atoms with Gasteiger partial charge in [-0.1, -0.05) is 42.2 Å². The molecule has 21 heavy (non-hydrogen) atoms. The Morgan fingerprint density at radius 1 is 1.43 bits per heavy atom. The zero-order valence-corrected chi connectivity index (χ0v) is 12.7. The van der Waals surface area contributed by atoms with E-state index in [0.717, 1.165) is 18.4 Å². The number of hydrogen-bond acceptors (Lipinski definition) is 5. The third-order valence-electron chi connectivity index (χ3n) is 3.66. The Balaban J connectivity index is 1.62. The molecule has 1 N–H and O–H groups in total. The third-order valence-corrected chi connectivity index (χ3v) is 3.90. The van der Waals surface area contributed by atoms with Crippen LogP contribution in [0, 0.1) is 0 Å². The standard InChI is InChI=1S/C15H18ClN3O2/c1-2-6-15(20)9-19(10-15)8-13-17-14(18-21-13)11-4-3-5-12(16)7-11/h3-5,7,20H,2,6,8-10H2,1H3. The van der Waals surface area contributed by atoms with Crippen molar-refractivity contribution in [3.63, 3.8) is 0 Å². The van der Waals surface area contributed by atoms with E-state index in [1.54, 1.807) is 12.1 Å². The van der Waals surface area contributed by atoms with Gasteiger partial charge in [0.25, 0.3) is 0 Å². The zero-order valence-electron chi connectivity index (χ0n) is 11.9. The summed E-state index contributed by atoms with van der Waals surface area (Å²) in [6.45, 7) is 3.97. The molecule has 0 aliphatic carbocycles. The van der Waals surface area contributed by atoms with Crippen molar-refractivity contribution < 1.29 is 9.63 Å². The lowest BCUT2D eigenvalue weighted by Crippen LogP contribution is -2.60. The number of aliphatic hydroxyl groups is 1. The first-order chi connectivity index (χ1) is 10.1. The Labute approximate surface area is 128 Å². The molecule has 0 amide bonds. The van der Waals surface area contributed by atoms with Gasteiger partial charge >= 0.3 is 0 Å². The fraction of sp³-hybridized carbons (Fsp3) is 0.467. The third kappa shape index (κ3) is 3.26. The molecule has 112 valence electrons. The van der Waals surface area contributed by atoms with Crippen LogP contribution in [0.4, 0.5) is 0 Å². The maximum atomic E-state index is 10.1. The van der Waals surface area contributed by atoms with E-state index in [2.05, 4.69) is 22.0 Å². The maximum Gasteiger partial charge on any atom is 0.241 e. The van der Waals surface area contributed by atoms with Gasteiger partial charge in [0.2, 0.25) is 11.7 Å². The summed E-state index contributed by atoms with van der Waals surface area (Å²) in [7, 11) is 0. The second kappa shape index (κ2) is 5.75. The van der Waals surface area contributed by atoms with Gasteiger partial charge in [-0.15, -0.1) is 0 Å². The highest BCUT2D eigenvalue weighted by Gasteiger charge is 2.40. The van der Waals surface area contributed by atoms with Crippen LogP contribution in [0.1, 0.15) is 25.7 Å². The molecule has 1 aromatic heterocycles. The lowest BCUT2D eigenvalue weighted by Gasteiger charge is -2.46. The molecule has 0 spiro atoms. The fourth-order valence-corrected chi connectivity index (χ4v) is 2.97. The first kappa shape index (κ1) is 14.5. The van der Waals surface area contributed by atoms with E-state index in [1.165, 1.54) is 0 Å². The minimum Gasteiger partial charge on any atom is -0.387 e. The van der Waals surface area contributed by atoms with Crippen molar-refractivity contribution in [1.29, 1.82) is 0 Å². The van der Waals surface area contributed by atoms with E-state index in [-0.39, 0.29) is 0 Å². The second-order valence-electron chi connectivity index (χ2n) is 5.64. The number of rotatable bonds is 5. The van der Waals surface area contributed by atoms with E-state index in [4.69, 9.17) is 16.1 Å². The quantitative estimate of drug-likeness (QED) is 0.920. The minimum absolute atomic E-state index is 0.537. The van der Waals surface area contributed by atoms with Gasteiger partial charge in [0.05, 0.1) is 12.1 Å². The fourth-order valence-electron chi connectivity index (χ4n) is 2.78. The molecule has 0 bridgehead atoms. The minimum atomic E-state index is -0.537. The predicted molar refractivity (Wildman–Crippen MR) is 79.9 cm³/mol. The Bertz CT molecular complexity index is 623. The van der Waals surface area contributed by atoms with Crippen molar-refractivity contribution in [3.8, 4) is 11.4 Å². The highest BCUT2D eigenvalue weighted by atomic mass is 35.5. The average Bonchev–Trinajstić information content (AvgIpc) is 2.86. The number of aromatic nitrogens is 2. The summed E-state index contributed by atoms with van der Waals surface area (Å²) in [6, 6.07) is 7.36. The van der Waals surface area contributed by atoms with Gasteiger partial charge in [-0.2, -0.15) is 4.98 Å². The number of likely N-dealkylation sites (tertiary alicyclic amines) is 1. The Hall–Kier alpha value is -1.43. The SMILES string of the molecule is CCCC1(O)CN(Cc2nc(-c3cccc(Cl)c3)no2)C1. The lowest BCUT2D eigenvalue weighted by atomic mass is 9.89. The molecule has 0 radical (unpaired) electrons. The first-order valence-electron chi connectivity index (χ1n) is 7.11. The van der Waals surface area contributed by atoms with Crippen LogP contribution in [0.3, 0.4) is 0 Å². The number of hydrogen-bond donors (Lipinski definition) is 1. The van der Waals surface area contributed by atoms with E-state index in [9.17, 15) is 5.11 Å². The number of nitrogens with zero attached hydrogens (tertiary/aromatic N) is 3. The van der Waals surface area contributed by atoms with Crippen LogP contribution in [0.25, 0.3) is 11.4 Å². The molecule has 1 aliphatic heterocycles. The maximum absolute atomic E-state index is 10.1. The Kier molecular flexibility index (Phi) is 3.97. The summed E-state index contributed by atoms with van der Waals surface area (Å²) in [4.78, 5) is 6.48. The summed E-state index contributed by atoms with van der Waals surface area (Å²) in [6.07, 6.45) is 1.82. The van der Waals surface area contributed by atoms with E-state index < -0.39 is 5.60 Å². The van der Waals surface area contributed by atoms with Crippen molar-refractivity contribution in [2.75, 3.05) is 13.1 Å². The van der Waals surface area contributed by atoms with Gasteiger partial charge in [0, 0.05) is 23.7 Å². The molecule has 1 aromatic carbocycles. The molecule has 1 fully saturated rings. The summed E-state index contributed by atoms with van der Waals surface area (Å²) in [5.41, 5.74) is 0.300. The summed E-state index contributed by atoms with van der Waals surface area (Å²) >= 11 is 5.96. The van der Waals surface area contributed by atoms with Gasteiger partial charge < -0.3 is 9.63 Å². The van der Waals surface area contributed by atoms with Crippen molar-refractivity contribution in [2.45, 2.75) is 31.9 Å². The van der Waals surface area contributed by atoms with Crippen LogP contribution in [0.5, 0.6) is 0 Å². The molecule has 1 saturated heterocycles. The first-order valence-corrected chi connectivity index (χ1v) is 7.49. The molecule has 0 unspecified atom stereocenters. The monoisotopic (exact) mass is 307 g/mol. The highest BCUT2D eigenvalue weighted by Crippen LogP contribution is 2.27. The van der Waals surface area contributed by atoms with Gasteiger partial charge in [0.1, 0.15) is 0 Å². The van der Waals surface area contributed by atoms with Crippen molar-refractivity contribution in [3.05, 3.63) is 35.2 Å². The van der Waals surface area contributed by atoms with Crippen LogP contribution >= 0.6 is 11.6 Å². The predicted octanol–water partition coefficient (Wildman–Crippen LogP) is 2.74. The van der Waals surface area contributed by atoms with Crippen molar-refractivity contribution >= 4 is 11.6 Å². The molecule has 0 saturated carbocycles. The molecule has 0 atom stereocenters. The topological polar surface area (TPSA) is 62.4 Å². The van der Waals surface area contributed by atoms with Crippen molar-refractivity contribution in [2.24, 2.45) is 0 Å². The van der Waals surface area contributed by atoms with Crippen LogP contribution < -0.4 is 0 Å². The normalized spacial score (nSPS) is 17.7. The van der Waals surface area contributed by atoms with Crippen LogP contribution in [-0.4, -0.2) is 38.8 Å².